The lowest BCUT2D eigenvalue weighted by molar-refractivity contribution is -0.119. The van der Waals surface area contributed by atoms with Crippen molar-refractivity contribution in [1.29, 1.82) is 0 Å². The molecular weight excluding hydrogens is 330 g/mol. The van der Waals surface area contributed by atoms with Crippen LogP contribution in [-0.4, -0.2) is 36.7 Å². The molecule has 1 saturated heterocycles. The van der Waals surface area contributed by atoms with Crippen molar-refractivity contribution in [3.8, 4) is 11.5 Å². The summed E-state index contributed by atoms with van der Waals surface area (Å²) in [5, 5.41) is 2.88. The van der Waals surface area contributed by atoms with Gasteiger partial charge in [0.1, 0.15) is 23.4 Å². The van der Waals surface area contributed by atoms with Gasteiger partial charge in [-0.15, -0.1) is 0 Å². The van der Waals surface area contributed by atoms with Crippen molar-refractivity contribution in [2.45, 2.75) is 32.9 Å². The number of nitrogens with one attached hydrogen (secondary N) is 1. The number of anilines is 1. The Balaban J connectivity index is 1.48. The van der Waals surface area contributed by atoms with Crippen LogP contribution in [0.1, 0.15) is 32.4 Å². The number of hydrogen-bond acceptors (Lipinski definition) is 5. The first-order valence-corrected chi connectivity index (χ1v) is 8.92. The molecule has 1 amide bonds. The van der Waals surface area contributed by atoms with Crippen LogP contribution in [0.3, 0.4) is 0 Å². The number of pyridine rings is 1. The quantitative estimate of drug-likeness (QED) is 0.827. The van der Waals surface area contributed by atoms with Crippen LogP contribution in [0.4, 0.5) is 5.82 Å². The highest BCUT2D eigenvalue weighted by molar-refractivity contribution is 5.73. The normalized spacial score (nSPS) is 15.1. The van der Waals surface area contributed by atoms with Gasteiger partial charge in [0.05, 0.1) is 31.9 Å². The molecule has 0 bridgehead atoms. The maximum absolute atomic E-state index is 11.1. The number of aromatic nitrogens is 1. The van der Waals surface area contributed by atoms with Gasteiger partial charge in [-0.3, -0.25) is 4.79 Å². The molecule has 0 aliphatic carbocycles. The van der Waals surface area contributed by atoms with Gasteiger partial charge in [0.2, 0.25) is 5.91 Å². The Morgan fingerprint density at radius 2 is 1.92 bits per heavy atom. The second-order valence-electron chi connectivity index (χ2n) is 6.42. The zero-order valence-corrected chi connectivity index (χ0v) is 15.4. The topological polar surface area (TPSA) is 63.7 Å². The minimum Gasteiger partial charge on any atom is -0.492 e. The zero-order valence-electron chi connectivity index (χ0n) is 15.4. The number of hydrogen-bond donors (Lipinski definition) is 1. The molecule has 6 nitrogen and oxygen atoms in total. The summed E-state index contributed by atoms with van der Waals surface area (Å²) < 4.78 is 11.4. The second-order valence-corrected chi connectivity index (χ2v) is 6.42. The summed E-state index contributed by atoms with van der Waals surface area (Å²) in [6, 6.07) is 11.8. The Bertz CT molecular complexity index is 725. The van der Waals surface area contributed by atoms with Crippen molar-refractivity contribution >= 4 is 11.7 Å². The average Bonchev–Trinajstić information content (AvgIpc) is 2.59. The highest BCUT2D eigenvalue weighted by Gasteiger charge is 2.29. The van der Waals surface area contributed by atoms with Crippen LogP contribution < -0.4 is 19.7 Å². The fraction of sp³-hybridized carbons (Fsp3) is 0.400. The second kappa shape index (κ2) is 8.08. The summed E-state index contributed by atoms with van der Waals surface area (Å²) in [6.07, 6.45) is 1.91. The first-order valence-electron chi connectivity index (χ1n) is 8.92. The Labute approximate surface area is 154 Å². The molecule has 1 atom stereocenters. The molecule has 6 heteroatoms. The van der Waals surface area contributed by atoms with E-state index in [-0.39, 0.29) is 18.1 Å². The van der Waals surface area contributed by atoms with Crippen LogP contribution in [0.2, 0.25) is 0 Å². The van der Waals surface area contributed by atoms with Gasteiger partial charge in [-0.05, 0) is 43.7 Å². The summed E-state index contributed by atoms with van der Waals surface area (Å²) in [7, 11) is 0. The van der Waals surface area contributed by atoms with Crippen molar-refractivity contribution < 1.29 is 14.3 Å². The molecule has 26 heavy (non-hydrogen) atoms. The molecule has 1 aliphatic heterocycles. The number of benzene rings is 1. The SMILES string of the molecule is CCOc1ccc(N2CC(Oc3ccc([C@H](C)NC(C)=O)cc3)C2)nc1. The van der Waals surface area contributed by atoms with Gasteiger partial charge in [-0.25, -0.2) is 4.98 Å². The van der Waals surface area contributed by atoms with E-state index in [9.17, 15) is 4.79 Å². The molecule has 0 spiro atoms. The summed E-state index contributed by atoms with van der Waals surface area (Å²) in [5.74, 6) is 2.54. The van der Waals surface area contributed by atoms with E-state index >= 15 is 0 Å². The van der Waals surface area contributed by atoms with Crippen molar-refractivity contribution in [1.82, 2.24) is 10.3 Å². The van der Waals surface area contributed by atoms with E-state index in [0.29, 0.717) is 6.61 Å². The van der Waals surface area contributed by atoms with Gasteiger partial charge in [-0.1, -0.05) is 12.1 Å². The molecule has 1 aromatic carbocycles. The average molecular weight is 355 g/mol. The van der Waals surface area contributed by atoms with Gasteiger partial charge in [0.15, 0.2) is 0 Å². The molecular formula is C20H25N3O3. The number of rotatable bonds is 7. The molecule has 1 aromatic heterocycles. The van der Waals surface area contributed by atoms with E-state index < -0.39 is 0 Å². The van der Waals surface area contributed by atoms with Crippen molar-refractivity contribution in [3.63, 3.8) is 0 Å². The number of amides is 1. The van der Waals surface area contributed by atoms with E-state index in [2.05, 4.69) is 15.2 Å². The molecule has 1 fully saturated rings. The molecule has 3 rings (SSSR count). The third kappa shape index (κ3) is 4.45. The summed E-state index contributed by atoms with van der Waals surface area (Å²) in [4.78, 5) is 17.7. The van der Waals surface area contributed by atoms with Crippen LogP contribution in [0.15, 0.2) is 42.6 Å². The standard InChI is InChI=1S/C20H25N3O3/c1-4-25-18-9-10-20(21-11-18)23-12-19(13-23)26-17-7-5-16(6-8-17)14(2)22-15(3)24/h5-11,14,19H,4,12-13H2,1-3H3,(H,22,24)/t14-/m0/s1. The maximum Gasteiger partial charge on any atom is 0.217 e. The summed E-state index contributed by atoms with van der Waals surface area (Å²) in [6.45, 7) is 7.71. The molecule has 1 N–H and O–H groups in total. The number of nitrogens with zero attached hydrogens (tertiary/aromatic N) is 2. The van der Waals surface area contributed by atoms with Gasteiger partial charge in [0.25, 0.3) is 0 Å². The predicted molar refractivity (Wildman–Crippen MR) is 101 cm³/mol. The zero-order chi connectivity index (χ0) is 18.5. The van der Waals surface area contributed by atoms with E-state index in [1.165, 1.54) is 6.92 Å². The molecule has 0 unspecified atom stereocenters. The minimum atomic E-state index is -0.0321. The molecule has 2 heterocycles. The Kier molecular flexibility index (Phi) is 5.61. The first kappa shape index (κ1) is 18.0. The number of carbonyl (C=O) groups is 1. The van der Waals surface area contributed by atoms with E-state index in [1.807, 2.05) is 50.2 Å². The molecule has 0 saturated carbocycles. The van der Waals surface area contributed by atoms with E-state index in [4.69, 9.17) is 9.47 Å². The predicted octanol–water partition coefficient (Wildman–Crippen LogP) is 2.95. The Morgan fingerprint density at radius 3 is 2.50 bits per heavy atom. The largest absolute Gasteiger partial charge is 0.492 e. The molecule has 1 aliphatic rings. The van der Waals surface area contributed by atoms with Gasteiger partial charge in [-0.2, -0.15) is 0 Å². The van der Waals surface area contributed by atoms with Crippen LogP contribution in [0, 0.1) is 0 Å². The Hall–Kier alpha value is -2.76. The van der Waals surface area contributed by atoms with E-state index in [1.54, 1.807) is 6.20 Å². The van der Waals surface area contributed by atoms with Crippen molar-refractivity contribution in [2.24, 2.45) is 0 Å². The van der Waals surface area contributed by atoms with Crippen molar-refractivity contribution in [3.05, 3.63) is 48.2 Å². The Morgan fingerprint density at radius 1 is 1.23 bits per heavy atom. The molecule has 138 valence electrons. The maximum atomic E-state index is 11.1. The summed E-state index contributed by atoms with van der Waals surface area (Å²) >= 11 is 0. The van der Waals surface area contributed by atoms with Gasteiger partial charge >= 0.3 is 0 Å². The lowest BCUT2D eigenvalue weighted by atomic mass is 10.1. The van der Waals surface area contributed by atoms with Crippen LogP contribution in [0.5, 0.6) is 11.5 Å². The first-order chi connectivity index (χ1) is 12.5. The van der Waals surface area contributed by atoms with Crippen LogP contribution in [0.25, 0.3) is 0 Å². The van der Waals surface area contributed by atoms with Gasteiger partial charge in [0, 0.05) is 6.92 Å². The lowest BCUT2D eigenvalue weighted by Crippen LogP contribution is -2.54. The lowest BCUT2D eigenvalue weighted by Gasteiger charge is -2.39. The van der Waals surface area contributed by atoms with Crippen LogP contribution >= 0.6 is 0 Å². The molecule has 0 radical (unpaired) electrons. The van der Waals surface area contributed by atoms with Crippen LogP contribution in [-0.2, 0) is 4.79 Å². The fourth-order valence-corrected chi connectivity index (χ4v) is 2.93. The van der Waals surface area contributed by atoms with E-state index in [0.717, 1.165) is 36.0 Å². The minimum absolute atomic E-state index is 0.00789. The smallest absolute Gasteiger partial charge is 0.217 e. The monoisotopic (exact) mass is 355 g/mol. The number of ether oxygens (including phenoxy) is 2. The summed E-state index contributed by atoms with van der Waals surface area (Å²) in [5.41, 5.74) is 1.06. The van der Waals surface area contributed by atoms with Crippen molar-refractivity contribution in [2.75, 3.05) is 24.6 Å². The number of carbonyl (C=O) groups excluding carboxylic acids is 1. The molecule has 2 aromatic rings. The highest BCUT2D eigenvalue weighted by Crippen LogP contribution is 2.25. The fourth-order valence-electron chi connectivity index (χ4n) is 2.93. The third-order valence-electron chi connectivity index (χ3n) is 4.31. The van der Waals surface area contributed by atoms with Gasteiger partial charge < -0.3 is 19.7 Å². The third-order valence-corrected chi connectivity index (χ3v) is 4.31. The highest BCUT2D eigenvalue weighted by atomic mass is 16.5.